The number of rotatable bonds is 0. The Hall–Kier alpha value is -0.790. The SMILES string of the molecule is Cc1cn(C)c(C)n1. The number of aromatic nitrogens is 2. The second-order valence-corrected chi connectivity index (χ2v) is 2.04. The molecule has 0 bridgehead atoms. The highest BCUT2D eigenvalue weighted by Crippen LogP contribution is 1.95. The molecule has 0 radical (unpaired) electrons. The Morgan fingerprint density at radius 2 is 2.12 bits per heavy atom. The van der Waals surface area contributed by atoms with Gasteiger partial charge in [-0.15, -0.1) is 0 Å². The molecule has 0 fully saturated rings. The molecule has 1 aromatic rings. The standard InChI is InChI=1S/C6H10N2/c1-5-4-8(3)6(2)7-5/h4H,1-3H3. The molecule has 0 N–H and O–H groups in total. The molecular weight excluding hydrogens is 100 g/mol. The van der Waals surface area contributed by atoms with Gasteiger partial charge >= 0.3 is 0 Å². The minimum absolute atomic E-state index is 1.07. The van der Waals surface area contributed by atoms with E-state index in [1.807, 2.05) is 31.7 Å². The smallest absolute Gasteiger partial charge is 0.105 e. The van der Waals surface area contributed by atoms with E-state index in [9.17, 15) is 0 Å². The molecule has 1 heterocycles. The van der Waals surface area contributed by atoms with Crippen LogP contribution >= 0.6 is 0 Å². The summed E-state index contributed by atoms with van der Waals surface area (Å²) in [6, 6.07) is 0. The van der Waals surface area contributed by atoms with E-state index in [1.54, 1.807) is 0 Å². The van der Waals surface area contributed by atoms with E-state index in [0.717, 1.165) is 11.5 Å². The van der Waals surface area contributed by atoms with Gasteiger partial charge in [0.25, 0.3) is 0 Å². The van der Waals surface area contributed by atoms with Gasteiger partial charge in [-0.25, -0.2) is 4.98 Å². The van der Waals surface area contributed by atoms with Gasteiger partial charge in [0.15, 0.2) is 0 Å². The molecule has 0 amide bonds. The van der Waals surface area contributed by atoms with Crippen molar-refractivity contribution in [3.63, 3.8) is 0 Å². The Balaban J connectivity index is 3.14. The number of imidazole rings is 1. The first-order chi connectivity index (χ1) is 3.70. The molecule has 8 heavy (non-hydrogen) atoms. The molecule has 0 unspecified atom stereocenters. The normalized spacial score (nSPS) is 9.88. The van der Waals surface area contributed by atoms with E-state index >= 15 is 0 Å². The average Bonchev–Trinajstić information content (AvgIpc) is 1.85. The van der Waals surface area contributed by atoms with Crippen molar-refractivity contribution in [2.45, 2.75) is 13.8 Å². The molecular formula is C6H10N2. The molecule has 2 nitrogen and oxygen atoms in total. The highest BCUT2D eigenvalue weighted by molar-refractivity contribution is 4.98. The van der Waals surface area contributed by atoms with Crippen molar-refractivity contribution in [1.82, 2.24) is 9.55 Å². The summed E-state index contributed by atoms with van der Waals surface area (Å²) in [6.45, 7) is 3.99. The van der Waals surface area contributed by atoms with E-state index in [4.69, 9.17) is 0 Å². The van der Waals surface area contributed by atoms with Gasteiger partial charge in [-0.05, 0) is 13.8 Å². The van der Waals surface area contributed by atoms with Crippen LogP contribution in [0.15, 0.2) is 6.20 Å². The van der Waals surface area contributed by atoms with Crippen molar-refractivity contribution in [2.24, 2.45) is 7.05 Å². The van der Waals surface area contributed by atoms with Gasteiger partial charge in [0.05, 0.1) is 5.69 Å². The fourth-order valence-corrected chi connectivity index (χ4v) is 0.737. The first-order valence-electron chi connectivity index (χ1n) is 2.66. The van der Waals surface area contributed by atoms with Crippen LogP contribution in [0.1, 0.15) is 11.5 Å². The average molecular weight is 110 g/mol. The van der Waals surface area contributed by atoms with Gasteiger partial charge < -0.3 is 4.57 Å². The van der Waals surface area contributed by atoms with Crippen LogP contribution in [-0.4, -0.2) is 9.55 Å². The van der Waals surface area contributed by atoms with Crippen molar-refractivity contribution in [2.75, 3.05) is 0 Å². The molecule has 0 aliphatic rings. The third kappa shape index (κ3) is 0.735. The molecule has 0 aliphatic carbocycles. The summed E-state index contributed by atoms with van der Waals surface area (Å²) in [5.41, 5.74) is 1.09. The Morgan fingerprint density at radius 1 is 1.50 bits per heavy atom. The van der Waals surface area contributed by atoms with E-state index in [1.165, 1.54) is 0 Å². The van der Waals surface area contributed by atoms with Gasteiger partial charge in [-0.1, -0.05) is 0 Å². The molecule has 0 atom stereocenters. The topological polar surface area (TPSA) is 17.8 Å². The van der Waals surface area contributed by atoms with Crippen LogP contribution < -0.4 is 0 Å². The molecule has 0 saturated heterocycles. The fraction of sp³-hybridized carbons (Fsp3) is 0.500. The summed E-state index contributed by atoms with van der Waals surface area (Å²) in [6.07, 6.45) is 2.01. The van der Waals surface area contributed by atoms with Gasteiger partial charge in [0, 0.05) is 13.2 Å². The van der Waals surface area contributed by atoms with Crippen LogP contribution in [0.25, 0.3) is 0 Å². The lowest BCUT2D eigenvalue weighted by Gasteiger charge is -1.87. The zero-order valence-electron chi connectivity index (χ0n) is 5.47. The van der Waals surface area contributed by atoms with Crippen molar-refractivity contribution in [3.05, 3.63) is 17.7 Å². The summed E-state index contributed by atoms with van der Waals surface area (Å²) in [7, 11) is 2.00. The molecule has 2 heteroatoms. The van der Waals surface area contributed by atoms with E-state index in [-0.39, 0.29) is 0 Å². The van der Waals surface area contributed by atoms with E-state index < -0.39 is 0 Å². The quantitative estimate of drug-likeness (QED) is 0.488. The third-order valence-electron chi connectivity index (χ3n) is 1.23. The van der Waals surface area contributed by atoms with Gasteiger partial charge in [-0.3, -0.25) is 0 Å². The first kappa shape index (κ1) is 5.35. The monoisotopic (exact) mass is 110 g/mol. The van der Waals surface area contributed by atoms with E-state index in [0.29, 0.717) is 0 Å². The van der Waals surface area contributed by atoms with Crippen LogP contribution in [-0.2, 0) is 7.05 Å². The van der Waals surface area contributed by atoms with Crippen molar-refractivity contribution >= 4 is 0 Å². The second-order valence-electron chi connectivity index (χ2n) is 2.04. The van der Waals surface area contributed by atoms with E-state index in [2.05, 4.69) is 4.98 Å². The van der Waals surface area contributed by atoms with Crippen LogP contribution in [0, 0.1) is 13.8 Å². The van der Waals surface area contributed by atoms with Crippen molar-refractivity contribution < 1.29 is 0 Å². The summed E-state index contributed by atoms with van der Waals surface area (Å²) in [5.74, 6) is 1.07. The summed E-state index contributed by atoms with van der Waals surface area (Å²) >= 11 is 0. The summed E-state index contributed by atoms with van der Waals surface area (Å²) in [4.78, 5) is 4.17. The predicted octanol–water partition coefficient (Wildman–Crippen LogP) is 1.04. The van der Waals surface area contributed by atoms with Crippen LogP contribution in [0.5, 0.6) is 0 Å². The molecule has 0 saturated carbocycles. The van der Waals surface area contributed by atoms with Gasteiger partial charge in [0.1, 0.15) is 5.82 Å². The lowest BCUT2D eigenvalue weighted by Crippen LogP contribution is -1.86. The Bertz CT molecular complexity index is 169. The first-order valence-corrected chi connectivity index (χ1v) is 2.66. The number of nitrogens with zero attached hydrogens (tertiary/aromatic N) is 2. The van der Waals surface area contributed by atoms with Crippen molar-refractivity contribution in [1.29, 1.82) is 0 Å². The highest BCUT2D eigenvalue weighted by Gasteiger charge is 1.91. The summed E-state index contributed by atoms with van der Waals surface area (Å²) in [5, 5.41) is 0. The maximum absolute atomic E-state index is 4.17. The molecule has 0 spiro atoms. The molecule has 1 aromatic heterocycles. The Kier molecular flexibility index (Phi) is 1.08. The maximum atomic E-state index is 4.17. The Labute approximate surface area is 49.2 Å². The van der Waals surface area contributed by atoms with Crippen LogP contribution in [0.2, 0.25) is 0 Å². The van der Waals surface area contributed by atoms with Crippen molar-refractivity contribution in [3.8, 4) is 0 Å². The fourth-order valence-electron chi connectivity index (χ4n) is 0.737. The number of aryl methyl sites for hydroxylation is 3. The zero-order valence-corrected chi connectivity index (χ0v) is 5.47. The molecule has 0 aliphatic heterocycles. The predicted molar refractivity (Wildman–Crippen MR) is 32.7 cm³/mol. The zero-order chi connectivity index (χ0) is 6.15. The highest BCUT2D eigenvalue weighted by atomic mass is 15.0. The molecule has 44 valence electrons. The number of hydrogen-bond acceptors (Lipinski definition) is 1. The second kappa shape index (κ2) is 1.62. The van der Waals surface area contributed by atoms with Gasteiger partial charge in [-0.2, -0.15) is 0 Å². The Morgan fingerprint density at radius 3 is 2.25 bits per heavy atom. The minimum Gasteiger partial charge on any atom is -0.338 e. The summed E-state index contributed by atoms with van der Waals surface area (Å²) < 4.78 is 2.01. The van der Waals surface area contributed by atoms with Crippen LogP contribution in [0.3, 0.4) is 0 Å². The number of hydrogen-bond donors (Lipinski definition) is 0. The lowest BCUT2D eigenvalue weighted by atomic mass is 10.6. The van der Waals surface area contributed by atoms with Crippen LogP contribution in [0.4, 0.5) is 0 Å². The maximum Gasteiger partial charge on any atom is 0.105 e. The molecule has 1 rings (SSSR count). The molecule has 0 aromatic carbocycles. The third-order valence-corrected chi connectivity index (χ3v) is 1.23. The largest absolute Gasteiger partial charge is 0.338 e. The van der Waals surface area contributed by atoms with Gasteiger partial charge in [0.2, 0.25) is 0 Å². The minimum atomic E-state index is 1.07. The lowest BCUT2D eigenvalue weighted by molar-refractivity contribution is 0.858.